The van der Waals surface area contributed by atoms with E-state index in [-0.39, 0.29) is 36.8 Å². The minimum atomic E-state index is -0.0606. The van der Waals surface area contributed by atoms with Crippen molar-refractivity contribution >= 4 is 42.5 Å². The number of amides is 1. The first-order chi connectivity index (χ1) is 10.1. The predicted octanol–water partition coefficient (Wildman–Crippen LogP) is 1.75. The van der Waals surface area contributed by atoms with Gasteiger partial charge in [-0.25, -0.2) is 0 Å². The van der Waals surface area contributed by atoms with Gasteiger partial charge in [0.1, 0.15) is 12.4 Å². The standard InChI is InChI=1S/C15H23N3O2S.2ClH/c1-18(2)6-7-20-13-5-3-4-12(8-13)9-16-15(19)14-10-21-11-17-14;;/h3-5,8,14,17H,6-7,9-11H2,1-2H3,(H,16,19);2*1H. The SMILES string of the molecule is CN(C)CCOc1cccc(CNC(=O)C2CSCN2)c1.Cl.Cl. The summed E-state index contributed by atoms with van der Waals surface area (Å²) in [6.45, 7) is 2.07. The van der Waals surface area contributed by atoms with E-state index in [0.29, 0.717) is 13.2 Å². The molecule has 1 saturated heterocycles. The second kappa shape index (κ2) is 11.8. The van der Waals surface area contributed by atoms with Crippen LogP contribution in [0.5, 0.6) is 5.75 Å². The molecule has 132 valence electrons. The molecule has 1 atom stereocenters. The lowest BCUT2D eigenvalue weighted by Crippen LogP contribution is -2.41. The zero-order valence-corrected chi connectivity index (χ0v) is 15.9. The number of carbonyl (C=O) groups excluding carboxylic acids is 1. The van der Waals surface area contributed by atoms with E-state index >= 15 is 0 Å². The highest BCUT2D eigenvalue weighted by molar-refractivity contribution is 7.99. The van der Waals surface area contributed by atoms with Crippen LogP contribution < -0.4 is 15.4 Å². The summed E-state index contributed by atoms with van der Waals surface area (Å²) in [4.78, 5) is 14.0. The van der Waals surface area contributed by atoms with Crippen molar-refractivity contribution in [1.29, 1.82) is 0 Å². The number of nitrogens with one attached hydrogen (secondary N) is 2. The number of halogens is 2. The molecule has 0 bridgehead atoms. The van der Waals surface area contributed by atoms with E-state index in [1.54, 1.807) is 11.8 Å². The molecule has 0 aliphatic carbocycles. The Morgan fingerprint density at radius 2 is 2.22 bits per heavy atom. The lowest BCUT2D eigenvalue weighted by Gasteiger charge is -2.13. The van der Waals surface area contributed by atoms with Crippen LogP contribution in [0, 0.1) is 0 Å². The Kier molecular flexibility index (Phi) is 11.5. The molecule has 1 aliphatic heterocycles. The highest BCUT2D eigenvalue weighted by Crippen LogP contribution is 2.14. The molecule has 1 fully saturated rings. The largest absolute Gasteiger partial charge is 0.492 e. The van der Waals surface area contributed by atoms with Gasteiger partial charge in [0.2, 0.25) is 5.91 Å². The van der Waals surface area contributed by atoms with Crippen LogP contribution in [-0.4, -0.2) is 55.7 Å². The molecule has 2 N–H and O–H groups in total. The number of thioether (sulfide) groups is 1. The van der Waals surface area contributed by atoms with Gasteiger partial charge >= 0.3 is 0 Å². The lowest BCUT2D eigenvalue weighted by molar-refractivity contribution is -0.122. The third-order valence-electron chi connectivity index (χ3n) is 3.21. The van der Waals surface area contributed by atoms with E-state index in [1.807, 2.05) is 38.4 Å². The van der Waals surface area contributed by atoms with Gasteiger partial charge in [-0.15, -0.1) is 36.6 Å². The molecule has 23 heavy (non-hydrogen) atoms. The average Bonchev–Trinajstić information content (AvgIpc) is 2.99. The summed E-state index contributed by atoms with van der Waals surface area (Å²) in [6.07, 6.45) is 0. The Morgan fingerprint density at radius 1 is 1.43 bits per heavy atom. The lowest BCUT2D eigenvalue weighted by atomic mass is 10.2. The van der Waals surface area contributed by atoms with Gasteiger partial charge in [-0.05, 0) is 31.8 Å². The topological polar surface area (TPSA) is 53.6 Å². The number of rotatable bonds is 7. The molecule has 1 heterocycles. The van der Waals surface area contributed by atoms with E-state index in [9.17, 15) is 4.79 Å². The smallest absolute Gasteiger partial charge is 0.238 e. The van der Waals surface area contributed by atoms with Gasteiger partial charge in [0.25, 0.3) is 0 Å². The highest BCUT2D eigenvalue weighted by Gasteiger charge is 2.21. The van der Waals surface area contributed by atoms with Crippen molar-refractivity contribution in [3.05, 3.63) is 29.8 Å². The molecular weight excluding hydrogens is 357 g/mol. The third kappa shape index (κ3) is 8.13. The maximum atomic E-state index is 11.9. The first-order valence-corrected chi connectivity index (χ1v) is 8.26. The van der Waals surface area contributed by atoms with Crippen LogP contribution in [0.15, 0.2) is 24.3 Å². The Morgan fingerprint density at radius 3 is 2.87 bits per heavy atom. The van der Waals surface area contributed by atoms with Crippen LogP contribution in [0.3, 0.4) is 0 Å². The van der Waals surface area contributed by atoms with Gasteiger partial charge in [0.05, 0.1) is 6.04 Å². The number of nitrogens with zero attached hydrogens (tertiary/aromatic N) is 1. The Bertz CT molecular complexity index is 472. The molecule has 1 amide bonds. The number of carbonyl (C=O) groups is 1. The van der Waals surface area contributed by atoms with Crippen LogP contribution in [0.4, 0.5) is 0 Å². The van der Waals surface area contributed by atoms with Gasteiger partial charge in [0.15, 0.2) is 0 Å². The van der Waals surface area contributed by atoms with Crippen molar-refractivity contribution in [3.8, 4) is 5.75 Å². The summed E-state index contributed by atoms with van der Waals surface area (Å²) >= 11 is 1.75. The fourth-order valence-corrected chi connectivity index (χ4v) is 2.91. The minimum Gasteiger partial charge on any atom is -0.492 e. The van der Waals surface area contributed by atoms with E-state index < -0.39 is 0 Å². The highest BCUT2D eigenvalue weighted by atomic mass is 35.5. The summed E-state index contributed by atoms with van der Waals surface area (Å²) < 4.78 is 5.69. The van der Waals surface area contributed by atoms with E-state index in [0.717, 1.165) is 29.5 Å². The van der Waals surface area contributed by atoms with E-state index in [1.165, 1.54) is 0 Å². The van der Waals surface area contributed by atoms with Crippen LogP contribution in [0.25, 0.3) is 0 Å². The maximum Gasteiger partial charge on any atom is 0.238 e. The molecule has 0 radical (unpaired) electrons. The Balaban J connectivity index is 0.00000242. The second-order valence-electron chi connectivity index (χ2n) is 5.29. The number of hydrogen-bond donors (Lipinski definition) is 2. The fourth-order valence-electron chi connectivity index (χ4n) is 1.97. The number of ether oxygens (including phenoxy) is 1. The van der Waals surface area contributed by atoms with Crippen molar-refractivity contribution < 1.29 is 9.53 Å². The zero-order chi connectivity index (χ0) is 15.1. The summed E-state index contributed by atoms with van der Waals surface area (Å²) in [5.74, 6) is 2.62. The number of hydrogen-bond acceptors (Lipinski definition) is 5. The number of benzene rings is 1. The summed E-state index contributed by atoms with van der Waals surface area (Å²) in [6, 6.07) is 7.81. The summed E-state index contributed by atoms with van der Waals surface area (Å²) in [5.41, 5.74) is 1.05. The fraction of sp³-hybridized carbons (Fsp3) is 0.533. The molecule has 0 saturated carbocycles. The van der Waals surface area contributed by atoms with E-state index in [2.05, 4.69) is 15.5 Å². The minimum absolute atomic E-state index is 0. The van der Waals surface area contributed by atoms with Crippen molar-refractivity contribution in [2.45, 2.75) is 12.6 Å². The maximum absolute atomic E-state index is 11.9. The average molecular weight is 382 g/mol. The summed E-state index contributed by atoms with van der Waals surface area (Å²) in [5, 5.41) is 6.13. The van der Waals surface area contributed by atoms with Gasteiger partial charge in [-0.3, -0.25) is 10.1 Å². The zero-order valence-electron chi connectivity index (χ0n) is 13.4. The van der Waals surface area contributed by atoms with Crippen LogP contribution in [0.2, 0.25) is 0 Å². The van der Waals surface area contributed by atoms with Crippen molar-refractivity contribution in [3.63, 3.8) is 0 Å². The molecule has 0 aromatic heterocycles. The predicted molar refractivity (Wildman–Crippen MR) is 101 cm³/mol. The molecule has 1 aromatic rings. The molecular formula is C15H25Cl2N3O2S. The Hall–Kier alpha value is -0.660. The van der Waals surface area contributed by atoms with Crippen LogP contribution >= 0.6 is 36.6 Å². The monoisotopic (exact) mass is 381 g/mol. The first-order valence-electron chi connectivity index (χ1n) is 7.10. The molecule has 8 heteroatoms. The van der Waals surface area contributed by atoms with Crippen LogP contribution in [-0.2, 0) is 11.3 Å². The molecule has 0 spiro atoms. The number of likely N-dealkylation sites (N-methyl/N-ethyl adjacent to an activating group) is 1. The second-order valence-corrected chi connectivity index (χ2v) is 6.32. The molecule has 2 rings (SSSR count). The Labute approximate surface area is 154 Å². The quantitative estimate of drug-likeness (QED) is 0.753. The molecule has 1 aromatic carbocycles. The third-order valence-corrected chi connectivity index (χ3v) is 4.15. The molecule has 1 unspecified atom stereocenters. The van der Waals surface area contributed by atoms with Gasteiger partial charge in [0, 0.05) is 24.7 Å². The van der Waals surface area contributed by atoms with Gasteiger partial charge in [-0.2, -0.15) is 0 Å². The van der Waals surface area contributed by atoms with Crippen molar-refractivity contribution in [2.24, 2.45) is 0 Å². The van der Waals surface area contributed by atoms with Gasteiger partial charge in [-0.1, -0.05) is 12.1 Å². The molecule has 1 aliphatic rings. The molecule has 5 nitrogen and oxygen atoms in total. The first kappa shape index (κ1) is 22.3. The normalized spacial score (nSPS) is 16.4. The van der Waals surface area contributed by atoms with Crippen molar-refractivity contribution in [1.82, 2.24) is 15.5 Å². The van der Waals surface area contributed by atoms with E-state index in [4.69, 9.17) is 4.74 Å². The van der Waals surface area contributed by atoms with Gasteiger partial charge < -0.3 is 15.0 Å². The van der Waals surface area contributed by atoms with Crippen molar-refractivity contribution in [2.75, 3.05) is 38.9 Å². The van der Waals surface area contributed by atoms with Crippen LogP contribution in [0.1, 0.15) is 5.56 Å². The summed E-state index contributed by atoms with van der Waals surface area (Å²) in [7, 11) is 4.04.